The van der Waals surface area contributed by atoms with Crippen molar-refractivity contribution in [3.05, 3.63) is 62.2 Å². The van der Waals surface area contributed by atoms with Crippen LogP contribution in [0.4, 0.5) is 0 Å². The lowest BCUT2D eigenvalue weighted by Gasteiger charge is -2.14. The number of rotatable bonds is 6. The van der Waals surface area contributed by atoms with Gasteiger partial charge in [0.25, 0.3) is 0 Å². The Bertz CT molecular complexity index is 1090. The van der Waals surface area contributed by atoms with Crippen LogP contribution in [0.15, 0.2) is 30.3 Å². The highest BCUT2D eigenvalue weighted by Gasteiger charge is 2.28. The smallest absolute Gasteiger partial charge is 0.341 e. The number of nitrogens with zero attached hydrogens (tertiary/aromatic N) is 1. The Hall–Kier alpha value is -2.21. The summed E-state index contributed by atoms with van der Waals surface area (Å²) in [7, 11) is 0. The number of aliphatic carboxylic acids is 1. The SMILES string of the molecule is CC(=O)c1c(C)n(Cc2ccccc2)c2c(Cl)c(Cl)c(Cl)c(OCC(=O)O)c12. The Labute approximate surface area is 176 Å². The van der Waals surface area contributed by atoms with Crippen LogP contribution >= 0.6 is 34.8 Å². The van der Waals surface area contributed by atoms with E-state index >= 15 is 0 Å². The van der Waals surface area contributed by atoms with Crippen molar-refractivity contribution >= 4 is 57.5 Å². The first-order valence-electron chi connectivity index (χ1n) is 8.32. The van der Waals surface area contributed by atoms with Gasteiger partial charge < -0.3 is 14.4 Å². The zero-order chi connectivity index (χ0) is 20.6. The van der Waals surface area contributed by atoms with E-state index < -0.39 is 12.6 Å². The Morgan fingerprint density at radius 1 is 1.07 bits per heavy atom. The minimum Gasteiger partial charge on any atom is -0.480 e. The van der Waals surface area contributed by atoms with Gasteiger partial charge in [-0.25, -0.2) is 4.79 Å². The van der Waals surface area contributed by atoms with Crippen molar-refractivity contribution in [1.82, 2.24) is 4.57 Å². The molecule has 28 heavy (non-hydrogen) atoms. The number of fused-ring (bicyclic) bond motifs is 1. The zero-order valence-corrected chi connectivity index (χ0v) is 17.3. The number of benzene rings is 2. The number of carbonyl (C=O) groups is 2. The molecule has 0 unspecified atom stereocenters. The molecule has 0 radical (unpaired) electrons. The minimum absolute atomic E-state index is 0.0280. The lowest BCUT2D eigenvalue weighted by atomic mass is 10.1. The number of halogens is 3. The molecule has 3 aromatic rings. The topological polar surface area (TPSA) is 68.5 Å². The van der Waals surface area contributed by atoms with Crippen molar-refractivity contribution in [2.24, 2.45) is 0 Å². The molecule has 0 fully saturated rings. The largest absolute Gasteiger partial charge is 0.480 e. The van der Waals surface area contributed by atoms with Gasteiger partial charge in [0.1, 0.15) is 5.02 Å². The van der Waals surface area contributed by atoms with Gasteiger partial charge in [-0.05, 0) is 19.4 Å². The van der Waals surface area contributed by atoms with Gasteiger partial charge in [0.15, 0.2) is 18.1 Å². The first-order valence-corrected chi connectivity index (χ1v) is 9.46. The second-order valence-electron chi connectivity index (χ2n) is 6.27. The fraction of sp³-hybridized carbons (Fsp3) is 0.200. The Morgan fingerprint density at radius 3 is 2.29 bits per heavy atom. The van der Waals surface area contributed by atoms with Crippen molar-refractivity contribution in [2.45, 2.75) is 20.4 Å². The number of ketones is 1. The van der Waals surface area contributed by atoms with E-state index in [0.29, 0.717) is 28.7 Å². The maximum atomic E-state index is 12.4. The lowest BCUT2D eigenvalue weighted by Crippen LogP contribution is -2.10. The van der Waals surface area contributed by atoms with Gasteiger partial charge in [-0.15, -0.1) is 0 Å². The Morgan fingerprint density at radius 2 is 1.71 bits per heavy atom. The van der Waals surface area contributed by atoms with Crippen molar-refractivity contribution in [3.63, 3.8) is 0 Å². The predicted octanol–water partition coefficient (Wildman–Crippen LogP) is 5.62. The summed E-state index contributed by atoms with van der Waals surface area (Å²) in [6.45, 7) is 3.02. The molecule has 3 rings (SSSR count). The standard InChI is InChI=1S/C20H16Cl3NO4/c1-10-14(11(2)25)15-19(24(10)8-12-6-4-3-5-7-12)17(22)16(21)18(23)20(15)28-9-13(26)27/h3-7H,8-9H2,1-2H3,(H,26,27). The van der Waals surface area contributed by atoms with Gasteiger partial charge in [-0.1, -0.05) is 65.1 Å². The third kappa shape index (κ3) is 3.58. The summed E-state index contributed by atoms with van der Waals surface area (Å²) in [4.78, 5) is 23.4. The van der Waals surface area contributed by atoms with Crippen LogP contribution in [0, 0.1) is 6.92 Å². The first-order chi connectivity index (χ1) is 13.2. The van der Waals surface area contributed by atoms with Crippen LogP contribution in [0.25, 0.3) is 10.9 Å². The molecule has 0 saturated carbocycles. The molecule has 0 amide bonds. The summed E-state index contributed by atoms with van der Waals surface area (Å²) in [5.41, 5.74) is 2.49. The van der Waals surface area contributed by atoms with E-state index in [1.54, 1.807) is 6.92 Å². The number of hydrogen-bond donors (Lipinski definition) is 1. The molecule has 1 heterocycles. The summed E-state index contributed by atoms with van der Waals surface area (Å²) in [5.74, 6) is -1.36. The number of carboxylic acids is 1. The van der Waals surface area contributed by atoms with Crippen LogP contribution < -0.4 is 4.74 Å². The number of carbonyl (C=O) groups excluding carboxylic acids is 1. The molecule has 0 bridgehead atoms. The van der Waals surface area contributed by atoms with E-state index in [9.17, 15) is 9.59 Å². The highest BCUT2D eigenvalue weighted by Crippen LogP contribution is 2.48. The number of hydrogen-bond acceptors (Lipinski definition) is 3. The first kappa shape index (κ1) is 20.5. The van der Waals surface area contributed by atoms with Crippen molar-refractivity contribution in [3.8, 4) is 5.75 Å². The maximum absolute atomic E-state index is 12.4. The van der Waals surface area contributed by atoms with Crippen LogP contribution in [-0.2, 0) is 11.3 Å². The van der Waals surface area contributed by atoms with Gasteiger partial charge in [-0.2, -0.15) is 0 Å². The summed E-state index contributed by atoms with van der Waals surface area (Å²) >= 11 is 19.1. The molecule has 1 aromatic heterocycles. The summed E-state index contributed by atoms with van der Waals surface area (Å²) in [5, 5.41) is 9.55. The molecule has 0 saturated heterocycles. The van der Waals surface area contributed by atoms with Gasteiger partial charge >= 0.3 is 5.97 Å². The molecule has 0 aliphatic carbocycles. The summed E-state index contributed by atoms with van der Waals surface area (Å²) in [6, 6.07) is 9.63. The average Bonchev–Trinajstić information content (AvgIpc) is 2.93. The molecule has 0 aliphatic rings. The normalized spacial score (nSPS) is 11.0. The molecular formula is C20H16Cl3NO4. The van der Waals surface area contributed by atoms with Crippen molar-refractivity contribution < 1.29 is 19.4 Å². The number of carboxylic acid groups (broad SMARTS) is 1. The monoisotopic (exact) mass is 439 g/mol. The number of ether oxygens (including phenoxy) is 1. The highest BCUT2D eigenvalue weighted by molar-refractivity contribution is 6.51. The number of Topliss-reactive ketones (excluding diaryl/α,β-unsaturated/α-hetero) is 1. The minimum atomic E-state index is -1.18. The highest BCUT2D eigenvalue weighted by atomic mass is 35.5. The van der Waals surface area contributed by atoms with Gasteiger partial charge in [0, 0.05) is 17.8 Å². The van der Waals surface area contributed by atoms with Crippen LogP contribution in [0.5, 0.6) is 5.75 Å². The molecule has 8 heteroatoms. The molecule has 0 aliphatic heterocycles. The van der Waals surface area contributed by atoms with E-state index in [1.807, 2.05) is 34.9 Å². The number of aromatic nitrogens is 1. The van der Waals surface area contributed by atoms with E-state index in [4.69, 9.17) is 44.6 Å². The second kappa shape index (κ2) is 8.03. The molecule has 2 aromatic carbocycles. The molecule has 5 nitrogen and oxygen atoms in total. The van der Waals surface area contributed by atoms with Crippen LogP contribution in [0.3, 0.4) is 0 Å². The van der Waals surface area contributed by atoms with Crippen LogP contribution in [0.2, 0.25) is 15.1 Å². The summed E-state index contributed by atoms with van der Waals surface area (Å²) < 4.78 is 7.28. The Kier molecular flexibility index (Phi) is 5.89. The van der Waals surface area contributed by atoms with Gasteiger partial charge in [-0.3, -0.25) is 4.79 Å². The second-order valence-corrected chi connectivity index (χ2v) is 7.40. The lowest BCUT2D eigenvalue weighted by molar-refractivity contribution is -0.139. The molecule has 146 valence electrons. The van der Waals surface area contributed by atoms with Gasteiger partial charge in [0.2, 0.25) is 0 Å². The van der Waals surface area contributed by atoms with Gasteiger partial charge in [0.05, 0.1) is 20.9 Å². The van der Waals surface area contributed by atoms with Crippen LogP contribution in [0.1, 0.15) is 28.5 Å². The van der Waals surface area contributed by atoms with E-state index in [2.05, 4.69) is 0 Å². The summed E-state index contributed by atoms with van der Waals surface area (Å²) in [6.07, 6.45) is 0. The van der Waals surface area contributed by atoms with E-state index in [1.165, 1.54) is 6.92 Å². The molecule has 0 spiro atoms. The maximum Gasteiger partial charge on any atom is 0.341 e. The third-order valence-corrected chi connectivity index (χ3v) is 5.72. The van der Waals surface area contributed by atoms with Crippen molar-refractivity contribution in [1.29, 1.82) is 0 Å². The van der Waals surface area contributed by atoms with E-state index in [-0.39, 0.29) is 26.6 Å². The van der Waals surface area contributed by atoms with E-state index in [0.717, 1.165) is 5.56 Å². The molecule has 0 atom stereocenters. The van der Waals surface area contributed by atoms with Crippen molar-refractivity contribution in [2.75, 3.05) is 6.61 Å². The predicted molar refractivity (Wildman–Crippen MR) is 110 cm³/mol. The average molecular weight is 441 g/mol. The molecular weight excluding hydrogens is 425 g/mol. The Balaban J connectivity index is 2.37. The fourth-order valence-corrected chi connectivity index (χ4v) is 4.02. The zero-order valence-electron chi connectivity index (χ0n) is 15.1. The fourth-order valence-electron chi connectivity index (χ4n) is 3.26. The molecule has 1 N–H and O–H groups in total. The quantitative estimate of drug-likeness (QED) is 0.399. The van der Waals surface area contributed by atoms with Crippen LogP contribution in [-0.4, -0.2) is 28.0 Å². The third-order valence-electron chi connectivity index (χ3n) is 4.42.